The first-order valence-corrected chi connectivity index (χ1v) is 9.03. The summed E-state index contributed by atoms with van der Waals surface area (Å²) >= 11 is 0. The van der Waals surface area contributed by atoms with Gasteiger partial charge in [-0.25, -0.2) is 9.69 Å². The third kappa shape index (κ3) is 2.83. The summed E-state index contributed by atoms with van der Waals surface area (Å²) in [5.41, 5.74) is 4.30. The van der Waals surface area contributed by atoms with Crippen LogP contribution >= 0.6 is 0 Å². The van der Waals surface area contributed by atoms with Gasteiger partial charge in [-0.1, -0.05) is 18.9 Å². The van der Waals surface area contributed by atoms with Gasteiger partial charge in [-0.2, -0.15) is 0 Å². The number of rotatable bonds is 4. The van der Waals surface area contributed by atoms with Crippen molar-refractivity contribution in [3.8, 4) is 0 Å². The lowest BCUT2D eigenvalue weighted by atomic mass is 9.92. The van der Waals surface area contributed by atoms with Crippen LogP contribution in [0.5, 0.6) is 0 Å². The van der Waals surface area contributed by atoms with Gasteiger partial charge in [0.05, 0.1) is 6.54 Å². The number of carbonyl (C=O) groups is 4. The Morgan fingerprint density at radius 1 is 0.962 bits per heavy atom. The molecular weight excluding hydrogens is 332 g/mol. The first kappa shape index (κ1) is 18.3. The van der Waals surface area contributed by atoms with Crippen LogP contribution in [-0.2, 0) is 9.59 Å². The Morgan fingerprint density at radius 2 is 1.58 bits per heavy atom. The van der Waals surface area contributed by atoms with E-state index in [4.69, 9.17) is 0 Å². The van der Waals surface area contributed by atoms with Gasteiger partial charge < -0.3 is 0 Å². The fourth-order valence-corrected chi connectivity index (χ4v) is 4.08. The molecule has 0 radical (unpaired) electrons. The number of benzene rings is 1. The lowest BCUT2D eigenvalue weighted by molar-refractivity contribution is -0.143. The molecule has 0 spiro atoms. The van der Waals surface area contributed by atoms with E-state index in [0.717, 1.165) is 57.7 Å². The van der Waals surface area contributed by atoms with E-state index in [1.54, 1.807) is 0 Å². The molecule has 2 fully saturated rings. The minimum atomic E-state index is -0.894. The molecule has 1 aromatic rings. The molecule has 0 atom stereocenters. The van der Waals surface area contributed by atoms with Crippen molar-refractivity contribution in [3.63, 3.8) is 0 Å². The molecule has 1 aliphatic heterocycles. The molecule has 0 N–H and O–H groups in total. The molecule has 4 amide bonds. The molecule has 2 aliphatic rings. The van der Waals surface area contributed by atoms with Crippen LogP contribution in [-0.4, -0.2) is 46.0 Å². The molecule has 1 aromatic carbocycles. The zero-order valence-corrected chi connectivity index (χ0v) is 15.7. The fourth-order valence-electron chi connectivity index (χ4n) is 4.08. The maximum absolute atomic E-state index is 12.9. The quantitative estimate of drug-likeness (QED) is 0.472. The molecule has 0 aromatic heterocycles. The highest BCUT2D eigenvalue weighted by atomic mass is 16.2. The first-order chi connectivity index (χ1) is 12.2. The van der Waals surface area contributed by atoms with Crippen LogP contribution in [0.25, 0.3) is 0 Å². The van der Waals surface area contributed by atoms with Crippen LogP contribution in [0.15, 0.2) is 6.07 Å². The van der Waals surface area contributed by atoms with Gasteiger partial charge in [0, 0.05) is 11.6 Å². The van der Waals surface area contributed by atoms with E-state index >= 15 is 0 Å². The van der Waals surface area contributed by atoms with Crippen LogP contribution in [0.2, 0.25) is 0 Å². The van der Waals surface area contributed by atoms with E-state index < -0.39 is 24.4 Å². The van der Waals surface area contributed by atoms with Crippen molar-refractivity contribution >= 4 is 23.6 Å². The van der Waals surface area contributed by atoms with Gasteiger partial charge in [0.15, 0.2) is 5.78 Å². The Kier molecular flexibility index (Phi) is 4.69. The summed E-state index contributed by atoms with van der Waals surface area (Å²) < 4.78 is 0. The zero-order valence-electron chi connectivity index (χ0n) is 15.7. The van der Waals surface area contributed by atoms with Crippen LogP contribution in [0.4, 0.5) is 4.79 Å². The van der Waals surface area contributed by atoms with Crippen molar-refractivity contribution in [1.29, 1.82) is 0 Å². The summed E-state index contributed by atoms with van der Waals surface area (Å²) in [6.45, 7) is 7.24. The summed E-state index contributed by atoms with van der Waals surface area (Å²) in [5.74, 6) is -2.01. The smallest absolute Gasteiger partial charge is 0.292 e. The van der Waals surface area contributed by atoms with Crippen molar-refractivity contribution in [2.75, 3.05) is 6.54 Å². The van der Waals surface area contributed by atoms with E-state index in [9.17, 15) is 19.2 Å². The third-order valence-electron chi connectivity index (χ3n) is 5.71. The van der Waals surface area contributed by atoms with Crippen LogP contribution in [0.3, 0.4) is 0 Å². The SMILES string of the molecule is Cc1cc(C)c(C(=O)CN2C(=O)C(=O)N(C3CCCC3)C2=O)c(C)c1C. The van der Waals surface area contributed by atoms with Gasteiger partial charge in [-0.15, -0.1) is 0 Å². The Labute approximate surface area is 153 Å². The number of urea groups is 1. The molecule has 6 nitrogen and oxygen atoms in total. The maximum Gasteiger partial charge on any atom is 0.334 e. The van der Waals surface area contributed by atoms with E-state index in [1.807, 2.05) is 33.8 Å². The molecule has 1 saturated carbocycles. The fraction of sp³-hybridized carbons (Fsp3) is 0.500. The van der Waals surface area contributed by atoms with Gasteiger partial charge in [0.2, 0.25) is 0 Å². The van der Waals surface area contributed by atoms with Crippen LogP contribution < -0.4 is 0 Å². The number of aryl methyl sites for hydroxylation is 2. The zero-order chi connectivity index (χ0) is 19.2. The standard InChI is InChI=1S/C20H24N2O4/c1-11-9-12(2)17(14(4)13(11)3)16(23)10-21-18(24)19(25)22(20(21)26)15-7-5-6-8-15/h9,15H,5-8,10H2,1-4H3. The monoisotopic (exact) mass is 356 g/mol. The largest absolute Gasteiger partial charge is 0.334 e. The minimum Gasteiger partial charge on any atom is -0.292 e. The second-order valence-electron chi connectivity index (χ2n) is 7.35. The molecular formula is C20H24N2O4. The van der Waals surface area contributed by atoms with Crippen molar-refractivity contribution in [2.24, 2.45) is 0 Å². The molecule has 0 unspecified atom stereocenters. The molecule has 26 heavy (non-hydrogen) atoms. The highest BCUT2D eigenvalue weighted by molar-refractivity contribution is 6.45. The first-order valence-electron chi connectivity index (χ1n) is 9.03. The van der Waals surface area contributed by atoms with E-state index in [2.05, 4.69) is 0 Å². The Balaban J connectivity index is 1.86. The number of amides is 4. The number of ketones is 1. The molecule has 6 heteroatoms. The average molecular weight is 356 g/mol. The van der Waals surface area contributed by atoms with E-state index in [1.165, 1.54) is 0 Å². The number of imide groups is 2. The normalized spacial score (nSPS) is 18.4. The second kappa shape index (κ2) is 6.67. The Hall–Kier alpha value is -2.50. The van der Waals surface area contributed by atoms with Gasteiger partial charge >= 0.3 is 17.8 Å². The highest BCUT2D eigenvalue weighted by Crippen LogP contribution is 2.28. The predicted molar refractivity (Wildman–Crippen MR) is 95.9 cm³/mol. The minimum absolute atomic E-state index is 0.218. The molecule has 1 heterocycles. The topological polar surface area (TPSA) is 74.8 Å². The van der Waals surface area contributed by atoms with Crippen LogP contribution in [0, 0.1) is 27.7 Å². The maximum atomic E-state index is 12.9. The Bertz CT molecular complexity index is 822. The van der Waals surface area contributed by atoms with Crippen molar-refractivity contribution in [3.05, 3.63) is 33.9 Å². The Morgan fingerprint density at radius 3 is 2.19 bits per heavy atom. The summed E-state index contributed by atoms with van der Waals surface area (Å²) in [5, 5.41) is 0. The van der Waals surface area contributed by atoms with Crippen molar-refractivity contribution < 1.29 is 19.2 Å². The van der Waals surface area contributed by atoms with Crippen molar-refractivity contribution in [1.82, 2.24) is 9.80 Å². The van der Waals surface area contributed by atoms with Gasteiger partial charge in [0.1, 0.15) is 0 Å². The van der Waals surface area contributed by atoms with Gasteiger partial charge in [0.25, 0.3) is 0 Å². The number of Topliss-reactive ketones (excluding diaryl/α,β-unsaturated/α-hetero) is 1. The number of hydrogen-bond acceptors (Lipinski definition) is 4. The molecule has 138 valence electrons. The summed E-state index contributed by atoms with van der Waals surface area (Å²) in [4.78, 5) is 51.9. The average Bonchev–Trinajstić information content (AvgIpc) is 3.16. The predicted octanol–water partition coefficient (Wildman–Crippen LogP) is 2.84. The number of nitrogens with zero attached hydrogens (tertiary/aromatic N) is 2. The van der Waals surface area contributed by atoms with E-state index in [0.29, 0.717) is 5.56 Å². The molecule has 1 saturated heterocycles. The summed E-state index contributed by atoms with van der Waals surface area (Å²) in [6.07, 6.45) is 3.33. The molecule has 3 rings (SSSR count). The third-order valence-corrected chi connectivity index (χ3v) is 5.71. The second-order valence-corrected chi connectivity index (χ2v) is 7.35. The van der Waals surface area contributed by atoms with Gasteiger partial charge in [-0.3, -0.25) is 19.3 Å². The highest BCUT2D eigenvalue weighted by Gasteiger charge is 2.48. The molecule has 0 bridgehead atoms. The lowest BCUT2D eigenvalue weighted by Crippen LogP contribution is -2.41. The summed E-state index contributed by atoms with van der Waals surface area (Å²) in [7, 11) is 0. The van der Waals surface area contributed by atoms with Crippen LogP contribution in [0.1, 0.15) is 58.3 Å². The number of carbonyl (C=O) groups excluding carboxylic acids is 4. The van der Waals surface area contributed by atoms with E-state index in [-0.39, 0.29) is 11.8 Å². The molecule has 1 aliphatic carbocycles. The lowest BCUT2D eigenvalue weighted by Gasteiger charge is -2.21. The van der Waals surface area contributed by atoms with Crippen molar-refractivity contribution in [2.45, 2.75) is 59.4 Å². The van der Waals surface area contributed by atoms with Gasteiger partial charge in [-0.05, 0) is 62.8 Å². The number of hydrogen-bond donors (Lipinski definition) is 0. The summed E-state index contributed by atoms with van der Waals surface area (Å²) in [6, 6.07) is 1.06.